The van der Waals surface area contributed by atoms with Crippen LogP contribution in [0.4, 0.5) is 15.8 Å². The van der Waals surface area contributed by atoms with Crippen molar-refractivity contribution in [3.8, 4) is 0 Å². The van der Waals surface area contributed by atoms with Crippen LogP contribution < -0.4 is 4.90 Å². The molecular formula is C24H25FN2. The summed E-state index contributed by atoms with van der Waals surface area (Å²) in [6.07, 6.45) is 2.70. The minimum Gasteiger partial charge on any atom is -0.369 e. The molecule has 3 heteroatoms. The van der Waals surface area contributed by atoms with E-state index in [1.807, 2.05) is 43.4 Å². The second-order valence-electron chi connectivity index (χ2n) is 8.17. The van der Waals surface area contributed by atoms with Crippen molar-refractivity contribution in [3.05, 3.63) is 71.5 Å². The van der Waals surface area contributed by atoms with E-state index in [0.717, 1.165) is 28.6 Å². The molecule has 3 aromatic rings. The fourth-order valence-electron chi connectivity index (χ4n) is 4.16. The normalized spacial score (nSPS) is 18.9. The third kappa shape index (κ3) is 3.12. The summed E-state index contributed by atoms with van der Waals surface area (Å²) in [6.45, 7) is 6.64. The summed E-state index contributed by atoms with van der Waals surface area (Å²) in [4.78, 5) is 6.80. The summed E-state index contributed by atoms with van der Waals surface area (Å²) in [5, 5.41) is 2.21. The Morgan fingerprint density at radius 3 is 2.67 bits per heavy atom. The maximum absolute atomic E-state index is 14.8. The van der Waals surface area contributed by atoms with E-state index in [0.29, 0.717) is 11.5 Å². The van der Waals surface area contributed by atoms with Crippen LogP contribution in [0, 0.1) is 5.82 Å². The Balaban J connectivity index is 1.75. The Labute approximate surface area is 160 Å². The largest absolute Gasteiger partial charge is 0.369 e. The Bertz CT molecular complexity index is 1030. The van der Waals surface area contributed by atoms with Gasteiger partial charge in [0.2, 0.25) is 0 Å². The molecule has 0 radical (unpaired) electrons. The molecule has 0 aromatic heterocycles. The molecule has 1 aliphatic rings. The molecule has 0 fully saturated rings. The number of benzene rings is 3. The Morgan fingerprint density at radius 1 is 1.11 bits per heavy atom. The Kier molecular flexibility index (Phi) is 4.26. The molecule has 1 unspecified atom stereocenters. The van der Waals surface area contributed by atoms with E-state index in [1.165, 1.54) is 5.56 Å². The lowest BCUT2D eigenvalue weighted by atomic mass is 9.80. The number of halogens is 1. The van der Waals surface area contributed by atoms with E-state index in [1.54, 1.807) is 12.3 Å². The topological polar surface area (TPSA) is 15.6 Å². The smallest absolute Gasteiger partial charge is 0.134 e. The van der Waals surface area contributed by atoms with Crippen molar-refractivity contribution in [2.24, 2.45) is 4.99 Å². The highest BCUT2D eigenvalue weighted by Crippen LogP contribution is 2.43. The van der Waals surface area contributed by atoms with Gasteiger partial charge >= 0.3 is 0 Å². The van der Waals surface area contributed by atoms with Crippen LogP contribution in [0.25, 0.3) is 10.8 Å². The number of fused-ring (bicyclic) bond motifs is 2. The van der Waals surface area contributed by atoms with Crippen molar-refractivity contribution in [2.75, 3.05) is 11.9 Å². The van der Waals surface area contributed by atoms with Gasteiger partial charge in [0, 0.05) is 35.4 Å². The summed E-state index contributed by atoms with van der Waals surface area (Å²) in [7, 11) is 2.05. The highest BCUT2D eigenvalue weighted by Gasteiger charge is 2.34. The third-order valence-electron chi connectivity index (χ3n) is 5.86. The van der Waals surface area contributed by atoms with Crippen LogP contribution in [0.1, 0.15) is 44.2 Å². The molecule has 3 aromatic carbocycles. The molecule has 4 rings (SSSR count). The molecule has 1 aliphatic heterocycles. The van der Waals surface area contributed by atoms with Gasteiger partial charge in [0.1, 0.15) is 5.82 Å². The van der Waals surface area contributed by atoms with E-state index in [9.17, 15) is 4.39 Å². The Hall–Kier alpha value is -2.68. The predicted molar refractivity (Wildman–Crippen MR) is 113 cm³/mol. The van der Waals surface area contributed by atoms with E-state index < -0.39 is 0 Å². The summed E-state index contributed by atoms with van der Waals surface area (Å²) in [6, 6.07) is 17.8. The molecule has 0 N–H and O–H groups in total. The van der Waals surface area contributed by atoms with Crippen LogP contribution >= 0.6 is 0 Å². The van der Waals surface area contributed by atoms with Crippen molar-refractivity contribution in [2.45, 2.75) is 38.6 Å². The zero-order valence-corrected chi connectivity index (χ0v) is 16.3. The van der Waals surface area contributed by atoms with E-state index in [2.05, 4.69) is 42.8 Å². The molecular weight excluding hydrogens is 335 g/mol. The summed E-state index contributed by atoms with van der Waals surface area (Å²) in [5.74, 6) is 0.158. The first-order chi connectivity index (χ1) is 12.9. The Morgan fingerprint density at radius 2 is 1.85 bits per heavy atom. The minimum atomic E-state index is -0.227. The fraction of sp³-hybridized carbons (Fsp3) is 0.292. The van der Waals surface area contributed by atoms with Crippen LogP contribution in [0.3, 0.4) is 0 Å². The zero-order valence-electron chi connectivity index (χ0n) is 16.3. The lowest BCUT2D eigenvalue weighted by Gasteiger charge is -2.45. The number of anilines is 1. The number of nitrogens with zero attached hydrogens (tertiary/aromatic N) is 2. The monoisotopic (exact) mass is 360 g/mol. The third-order valence-corrected chi connectivity index (χ3v) is 5.86. The fourth-order valence-corrected chi connectivity index (χ4v) is 4.16. The van der Waals surface area contributed by atoms with Gasteiger partial charge in [0.25, 0.3) is 0 Å². The summed E-state index contributed by atoms with van der Waals surface area (Å²) < 4.78 is 14.8. The average Bonchev–Trinajstić information content (AvgIpc) is 2.64. The van der Waals surface area contributed by atoms with Crippen LogP contribution in [0.5, 0.6) is 0 Å². The van der Waals surface area contributed by atoms with E-state index in [4.69, 9.17) is 0 Å². The van der Waals surface area contributed by atoms with Crippen molar-refractivity contribution >= 4 is 28.4 Å². The molecule has 0 spiro atoms. The molecule has 138 valence electrons. The van der Waals surface area contributed by atoms with Gasteiger partial charge in [-0.1, -0.05) is 43.3 Å². The molecule has 0 aliphatic carbocycles. The highest BCUT2D eigenvalue weighted by atomic mass is 19.1. The number of aliphatic imine (C=N–C) groups is 1. The molecule has 0 saturated carbocycles. The zero-order chi connectivity index (χ0) is 19.2. The maximum atomic E-state index is 14.8. The van der Waals surface area contributed by atoms with Crippen LogP contribution in [-0.4, -0.2) is 18.8 Å². The van der Waals surface area contributed by atoms with Gasteiger partial charge in [0.05, 0.1) is 5.69 Å². The van der Waals surface area contributed by atoms with Crippen LogP contribution in [0.2, 0.25) is 0 Å². The van der Waals surface area contributed by atoms with Gasteiger partial charge in [0.15, 0.2) is 0 Å². The molecule has 0 amide bonds. The number of rotatable bonds is 2. The van der Waals surface area contributed by atoms with Gasteiger partial charge in [-0.2, -0.15) is 0 Å². The van der Waals surface area contributed by atoms with Gasteiger partial charge in [-0.15, -0.1) is 0 Å². The second kappa shape index (κ2) is 6.49. The first-order valence-electron chi connectivity index (χ1n) is 9.46. The van der Waals surface area contributed by atoms with Crippen molar-refractivity contribution < 1.29 is 4.39 Å². The quantitative estimate of drug-likeness (QED) is 0.479. The molecule has 0 bridgehead atoms. The van der Waals surface area contributed by atoms with Crippen LogP contribution in [0.15, 0.2) is 59.6 Å². The van der Waals surface area contributed by atoms with E-state index >= 15 is 0 Å². The molecule has 1 atom stereocenters. The SMILES string of the molecule is CC1CC(C)(C)N(C)c2cc(F)c(C=Nc3cccc4ccccc34)cc21. The standard InChI is InChI=1S/C24H25FN2/c1-16-14-24(2,3)27(4)23-13-21(25)18(12-20(16)23)15-26-22-11-7-9-17-8-5-6-10-19(17)22/h5-13,15-16H,14H2,1-4H3. The number of hydrogen-bond acceptors (Lipinski definition) is 2. The second-order valence-corrected chi connectivity index (χ2v) is 8.17. The van der Waals surface area contributed by atoms with Crippen molar-refractivity contribution in [1.82, 2.24) is 0 Å². The predicted octanol–water partition coefficient (Wildman–Crippen LogP) is 6.45. The minimum absolute atomic E-state index is 0.0252. The van der Waals surface area contributed by atoms with Crippen molar-refractivity contribution in [1.29, 1.82) is 0 Å². The summed E-state index contributed by atoms with van der Waals surface area (Å²) >= 11 is 0. The average molecular weight is 360 g/mol. The number of hydrogen-bond donors (Lipinski definition) is 0. The molecule has 2 nitrogen and oxygen atoms in total. The van der Waals surface area contributed by atoms with Gasteiger partial charge < -0.3 is 4.90 Å². The van der Waals surface area contributed by atoms with E-state index in [-0.39, 0.29) is 11.4 Å². The van der Waals surface area contributed by atoms with Gasteiger partial charge in [-0.25, -0.2) is 4.39 Å². The maximum Gasteiger partial charge on any atom is 0.134 e. The first-order valence-corrected chi connectivity index (χ1v) is 9.46. The van der Waals surface area contributed by atoms with Gasteiger partial charge in [-0.3, -0.25) is 4.99 Å². The lowest BCUT2D eigenvalue weighted by molar-refractivity contribution is 0.394. The molecule has 27 heavy (non-hydrogen) atoms. The molecule has 1 heterocycles. The summed E-state index contributed by atoms with van der Waals surface area (Å²) in [5.41, 5.74) is 3.60. The molecule has 0 saturated heterocycles. The van der Waals surface area contributed by atoms with Gasteiger partial charge in [-0.05, 0) is 55.3 Å². The first kappa shape index (κ1) is 17.7. The lowest BCUT2D eigenvalue weighted by Crippen LogP contribution is -2.45. The van der Waals surface area contributed by atoms with Crippen LogP contribution in [-0.2, 0) is 0 Å². The highest BCUT2D eigenvalue weighted by molar-refractivity contribution is 5.95. The van der Waals surface area contributed by atoms with Crippen molar-refractivity contribution in [3.63, 3.8) is 0 Å².